The van der Waals surface area contributed by atoms with Gasteiger partial charge in [0, 0.05) is 36.1 Å². The van der Waals surface area contributed by atoms with Crippen LogP contribution >= 0.6 is 11.6 Å². The van der Waals surface area contributed by atoms with Crippen LogP contribution in [-0.4, -0.2) is 70.4 Å². The van der Waals surface area contributed by atoms with Gasteiger partial charge in [-0.1, -0.05) is 31.0 Å². The summed E-state index contributed by atoms with van der Waals surface area (Å²) in [5.41, 5.74) is 0.860. The van der Waals surface area contributed by atoms with Crippen LogP contribution in [0.3, 0.4) is 0 Å². The number of ether oxygens (including phenoxy) is 2. The number of aromatic nitrogens is 2. The van der Waals surface area contributed by atoms with Gasteiger partial charge in [0.05, 0.1) is 31.6 Å². The number of nitrogens with zero attached hydrogens (tertiary/aromatic N) is 4. The van der Waals surface area contributed by atoms with Crippen molar-refractivity contribution in [3.05, 3.63) is 45.8 Å². The second kappa shape index (κ2) is 12.5. The van der Waals surface area contributed by atoms with E-state index in [0.717, 1.165) is 12.8 Å². The smallest absolute Gasteiger partial charge is 0.316 e. The minimum Gasteiger partial charge on any atom is -0.598 e. The zero-order valence-corrected chi connectivity index (χ0v) is 20.2. The Morgan fingerprint density at radius 2 is 1.97 bits per heavy atom. The van der Waals surface area contributed by atoms with Crippen molar-refractivity contribution in [3.63, 3.8) is 0 Å². The molecule has 0 bridgehead atoms. The van der Waals surface area contributed by atoms with E-state index >= 15 is 0 Å². The first kappa shape index (κ1) is 24.9. The van der Waals surface area contributed by atoms with Crippen molar-refractivity contribution >= 4 is 28.7 Å². The van der Waals surface area contributed by atoms with E-state index in [1.54, 1.807) is 30.5 Å². The molecule has 2 aromatic rings. The molecule has 1 aliphatic rings. The molecule has 0 saturated carbocycles. The maximum atomic E-state index is 13.3. The number of rotatable bonds is 11. The molecule has 1 aliphatic heterocycles. The number of unbranched alkanes of at least 4 members (excludes halogenated alkanes) is 1. The minimum absolute atomic E-state index is 0.236. The van der Waals surface area contributed by atoms with Gasteiger partial charge < -0.3 is 18.9 Å². The normalized spacial score (nSPS) is 15.7. The number of anilines is 1. The Bertz CT molecular complexity index is 921. The molecule has 1 saturated heterocycles. The van der Waals surface area contributed by atoms with E-state index in [9.17, 15) is 9.35 Å². The number of benzene rings is 1. The van der Waals surface area contributed by atoms with Crippen LogP contribution in [0.5, 0.6) is 5.75 Å². The van der Waals surface area contributed by atoms with E-state index in [1.165, 1.54) is 4.68 Å². The van der Waals surface area contributed by atoms with E-state index in [0.29, 0.717) is 61.5 Å². The second-order valence-electron chi connectivity index (χ2n) is 7.40. The predicted octanol–water partition coefficient (Wildman–Crippen LogP) is 2.89. The highest BCUT2D eigenvalue weighted by atomic mass is 35.5. The van der Waals surface area contributed by atoms with Gasteiger partial charge in [-0.15, -0.1) is 4.31 Å². The molecule has 1 atom stereocenters. The van der Waals surface area contributed by atoms with E-state index < -0.39 is 11.4 Å². The third-order valence-corrected chi connectivity index (χ3v) is 7.00. The highest BCUT2D eigenvalue weighted by Crippen LogP contribution is 2.26. The van der Waals surface area contributed by atoms with Gasteiger partial charge in [-0.3, -0.25) is 4.79 Å². The molecular weight excluding hydrogens is 452 g/mol. The molecular formula is C22H31ClN4O4S. The fourth-order valence-corrected chi connectivity index (χ4v) is 5.01. The Balaban J connectivity index is 1.82. The van der Waals surface area contributed by atoms with Crippen LogP contribution in [0.25, 0.3) is 5.69 Å². The lowest BCUT2D eigenvalue weighted by atomic mass is 10.3. The van der Waals surface area contributed by atoms with Crippen molar-refractivity contribution in [1.29, 1.82) is 0 Å². The fraction of sp³-hybridized carbons (Fsp3) is 0.545. The predicted molar refractivity (Wildman–Crippen MR) is 129 cm³/mol. The maximum absolute atomic E-state index is 13.3. The highest BCUT2D eigenvalue weighted by Gasteiger charge is 2.28. The van der Waals surface area contributed by atoms with Crippen LogP contribution in [-0.2, 0) is 16.1 Å². The first-order valence-corrected chi connectivity index (χ1v) is 12.7. The molecule has 8 nitrogen and oxygen atoms in total. The molecule has 0 spiro atoms. The van der Waals surface area contributed by atoms with Crippen LogP contribution in [0, 0.1) is 0 Å². The largest absolute Gasteiger partial charge is 0.598 e. The van der Waals surface area contributed by atoms with Gasteiger partial charge in [0.15, 0.2) is 0 Å². The fourth-order valence-electron chi connectivity index (χ4n) is 3.46. The lowest BCUT2D eigenvalue weighted by Gasteiger charge is -2.36. The Labute approximate surface area is 197 Å². The van der Waals surface area contributed by atoms with Gasteiger partial charge >= 0.3 is 5.56 Å². The molecule has 0 N–H and O–H groups in total. The maximum Gasteiger partial charge on any atom is 0.316 e. The molecule has 1 fully saturated rings. The summed E-state index contributed by atoms with van der Waals surface area (Å²) in [5.74, 6) is 0.930. The molecule has 0 aliphatic carbocycles. The van der Waals surface area contributed by atoms with Crippen molar-refractivity contribution < 1.29 is 14.0 Å². The summed E-state index contributed by atoms with van der Waals surface area (Å²) in [6, 6.07) is 6.97. The minimum atomic E-state index is -0.961. The lowest BCUT2D eigenvalue weighted by Crippen LogP contribution is -2.49. The number of hydrogen-bond acceptors (Lipinski definition) is 7. The summed E-state index contributed by atoms with van der Waals surface area (Å²) in [4.78, 5) is 15.4. The van der Waals surface area contributed by atoms with Crippen molar-refractivity contribution in [3.8, 4) is 11.4 Å². The topological polar surface area (TPSA) is 82.9 Å². The van der Waals surface area contributed by atoms with Gasteiger partial charge in [0.2, 0.25) is 5.75 Å². The van der Waals surface area contributed by atoms with E-state index in [4.69, 9.17) is 21.1 Å². The van der Waals surface area contributed by atoms with E-state index in [1.807, 2.05) is 11.2 Å². The average Bonchev–Trinajstić information content (AvgIpc) is 2.81. The molecule has 1 aromatic heterocycles. The first-order valence-electron chi connectivity index (χ1n) is 11.0. The Kier molecular flexibility index (Phi) is 9.68. The first-order chi connectivity index (χ1) is 15.5. The molecule has 176 valence electrons. The molecule has 1 aromatic carbocycles. The molecule has 1 unspecified atom stereocenters. The van der Waals surface area contributed by atoms with Crippen LogP contribution in [0.1, 0.15) is 26.7 Å². The lowest BCUT2D eigenvalue weighted by molar-refractivity contribution is 0.109. The summed E-state index contributed by atoms with van der Waals surface area (Å²) in [7, 11) is 0. The van der Waals surface area contributed by atoms with Gasteiger partial charge in [0.1, 0.15) is 18.0 Å². The Morgan fingerprint density at radius 1 is 1.19 bits per heavy atom. The van der Waals surface area contributed by atoms with Crippen LogP contribution in [0.2, 0.25) is 5.02 Å². The summed E-state index contributed by atoms with van der Waals surface area (Å²) in [6.07, 6.45) is 3.64. The van der Waals surface area contributed by atoms with Crippen molar-refractivity contribution in [2.24, 2.45) is 0 Å². The molecule has 10 heteroatoms. The summed E-state index contributed by atoms with van der Waals surface area (Å²) in [6.45, 7) is 7.84. The SMILES string of the molecule is CCCC[S+]([O-])N1CCN(c2cnn(-c3cccc(Cl)c3)c(=O)c2OCCOCC)CC1. The van der Waals surface area contributed by atoms with Crippen LogP contribution < -0.4 is 15.2 Å². The third kappa shape index (κ3) is 6.39. The summed E-state index contributed by atoms with van der Waals surface area (Å²) < 4.78 is 27.0. The van der Waals surface area contributed by atoms with Crippen molar-refractivity contribution in [2.75, 3.05) is 56.7 Å². The summed E-state index contributed by atoms with van der Waals surface area (Å²) >= 11 is 5.14. The van der Waals surface area contributed by atoms with Crippen molar-refractivity contribution in [2.45, 2.75) is 26.7 Å². The zero-order valence-electron chi connectivity index (χ0n) is 18.7. The average molecular weight is 483 g/mol. The molecule has 0 amide bonds. The number of halogens is 1. The monoisotopic (exact) mass is 482 g/mol. The summed E-state index contributed by atoms with van der Waals surface area (Å²) in [5, 5.41) is 4.90. The molecule has 0 radical (unpaired) electrons. The Hall–Kier alpha value is -1.78. The van der Waals surface area contributed by atoms with E-state index in [-0.39, 0.29) is 17.9 Å². The van der Waals surface area contributed by atoms with E-state index in [2.05, 4.69) is 16.9 Å². The quantitative estimate of drug-likeness (QED) is 0.359. The number of hydrogen-bond donors (Lipinski definition) is 0. The molecule has 3 rings (SSSR count). The van der Waals surface area contributed by atoms with Crippen LogP contribution in [0.4, 0.5) is 5.69 Å². The van der Waals surface area contributed by atoms with Gasteiger partial charge in [-0.05, 0) is 31.5 Å². The number of piperazine rings is 1. The Morgan fingerprint density at radius 3 is 2.66 bits per heavy atom. The molecule has 2 heterocycles. The third-order valence-electron chi connectivity index (χ3n) is 5.19. The highest BCUT2D eigenvalue weighted by molar-refractivity contribution is 7.89. The standard InChI is InChI=1S/C22H31ClN4O4S/c1-3-5-15-32(29)26-11-9-25(10-12-26)20-17-24-27(19-8-6-7-18(23)16-19)22(28)21(20)31-14-13-30-4-2/h6-8,16-17H,3-5,9-15H2,1-2H3. The second-order valence-corrected chi connectivity index (χ2v) is 9.40. The van der Waals surface area contributed by atoms with Gasteiger partial charge in [-0.2, -0.15) is 9.78 Å². The van der Waals surface area contributed by atoms with Crippen molar-refractivity contribution in [1.82, 2.24) is 14.1 Å². The van der Waals surface area contributed by atoms with Gasteiger partial charge in [-0.25, -0.2) is 0 Å². The van der Waals surface area contributed by atoms with Crippen LogP contribution in [0.15, 0.2) is 35.3 Å². The zero-order chi connectivity index (χ0) is 22.9. The molecule has 32 heavy (non-hydrogen) atoms. The van der Waals surface area contributed by atoms with Gasteiger partial charge in [0.25, 0.3) is 0 Å².